The summed E-state index contributed by atoms with van der Waals surface area (Å²) in [7, 11) is -3.88. The Hall–Kier alpha value is -2.24. The van der Waals surface area contributed by atoms with Gasteiger partial charge in [0.2, 0.25) is 0 Å². The van der Waals surface area contributed by atoms with Crippen LogP contribution in [-0.2, 0) is 16.5 Å². The van der Waals surface area contributed by atoms with Crippen molar-refractivity contribution in [2.24, 2.45) is 0 Å². The normalized spacial score (nSPS) is 11.5. The third kappa shape index (κ3) is 9.73. The van der Waals surface area contributed by atoms with Crippen molar-refractivity contribution in [3.05, 3.63) is 84.4 Å². The van der Waals surface area contributed by atoms with Crippen molar-refractivity contribution in [2.75, 3.05) is 0 Å². The number of hydrogen-bond acceptors (Lipinski definition) is 4. The molecule has 0 atom stereocenters. The minimum Gasteiger partial charge on any atom is -0.379 e. The molecule has 3 rings (SSSR count). The molecule has 0 amide bonds. The highest BCUT2D eigenvalue weighted by molar-refractivity contribution is 7.99. The Balaban J connectivity index is 1.48. The molecule has 0 aliphatic heterocycles. The van der Waals surface area contributed by atoms with Crippen molar-refractivity contribution in [2.45, 2.75) is 92.2 Å². The maximum atomic E-state index is 13.1. The monoisotopic (exact) mass is 510 g/mol. The van der Waals surface area contributed by atoms with Crippen molar-refractivity contribution in [1.82, 2.24) is 0 Å². The highest BCUT2D eigenvalue weighted by atomic mass is 32.2. The Bertz CT molecular complexity index is 1090. The fourth-order valence-corrected chi connectivity index (χ4v) is 6.14. The summed E-state index contributed by atoms with van der Waals surface area (Å²) in [6.45, 7) is 2.25. The van der Waals surface area contributed by atoms with Gasteiger partial charge in [0.25, 0.3) is 0 Å². The fraction of sp³-hybridized carbons (Fsp3) is 0.400. The Morgan fingerprint density at radius 3 is 1.83 bits per heavy atom. The number of benzene rings is 3. The molecule has 35 heavy (non-hydrogen) atoms. The average molecular weight is 511 g/mol. The van der Waals surface area contributed by atoms with Crippen molar-refractivity contribution in [1.29, 1.82) is 0 Å². The van der Waals surface area contributed by atoms with Crippen LogP contribution in [0.25, 0.3) is 0 Å². The quantitative estimate of drug-likeness (QED) is 0.142. The van der Waals surface area contributed by atoms with E-state index in [0.29, 0.717) is 5.75 Å². The number of aryl methyl sites for hydroxylation is 1. The summed E-state index contributed by atoms with van der Waals surface area (Å²) in [5, 5.41) is 0. The highest BCUT2D eigenvalue weighted by Gasteiger charge is 2.20. The van der Waals surface area contributed by atoms with E-state index in [1.807, 2.05) is 54.6 Å². The average Bonchev–Trinajstić information content (AvgIpc) is 2.87. The largest absolute Gasteiger partial charge is 0.379 e. The van der Waals surface area contributed by atoms with Crippen LogP contribution in [-0.4, -0.2) is 8.42 Å². The molecular formula is C30H38O3S2. The molecule has 0 unspecified atom stereocenters. The SMILES string of the molecule is CCCCCCCCCCCCc1ccccc1S(=O)(=O)Oc1ccc(Sc2ccccc2)cc1. The molecule has 0 saturated heterocycles. The van der Waals surface area contributed by atoms with E-state index in [2.05, 4.69) is 6.92 Å². The number of rotatable bonds is 16. The van der Waals surface area contributed by atoms with E-state index in [1.165, 1.54) is 51.4 Å². The van der Waals surface area contributed by atoms with Crippen molar-refractivity contribution in [3.8, 4) is 5.75 Å². The summed E-state index contributed by atoms with van der Waals surface area (Å²) in [5.74, 6) is 0.330. The molecule has 3 nitrogen and oxygen atoms in total. The van der Waals surface area contributed by atoms with Crippen molar-refractivity contribution >= 4 is 21.9 Å². The Kier molecular flexibility index (Phi) is 11.7. The van der Waals surface area contributed by atoms with Crippen LogP contribution in [0, 0.1) is 0 Å². The van der Waals surface area contributed by atoms with Gasteiger partial charge >= 0.3 is 10.1 Å². The molecule has 0 aliphatic rings. The van der Waals surface area contributed by atoms with Crippen LogP contribution in [0.1, 0.15) is 76.7 Å². The zero-order valence-electron chi connectivity index (χ0n) is 20.8. The Labute approximate surface area is 216 Å². The topological polar surface area (TPSA) is 43.4 Å². The second kappa shape index (κ2) is 15.0. The summed E-state index contributed by atoms with van der Waals surface area (Å²) in [4.78, 5) is 2.44. The van der Waals surface area contributed by atoms with Gasteiger partial charge < -0.3 is 4.18 Å². The zero-order chi connectivity index (χ0) is 24.8. The van der Waals surface area contributed by atoms with E-state index in [-0.39, 0.29) is 4.90 Å². The van der Waals surface area contributed by atoms with E-state index in [4.69, 9.17) is 4.18 Å². The third-order valence-corrected chi connectivity index (χ3v) is 8.41. The molecule has 3 aromatic carbocycles. The molecule has 5 heteroatoms. The van der Waals surface area contributed by atoms with Crippen LogP contribution in [0.3, 0.4) is 0 Å². The smallest absolute Gasteiger partial charge is 0.339 e. The molecule has 0 saturated carbocycles. The van der Waals surface area contributed by atoms with Crippen LogP contribution in [0.2, 0.25) is 0 Å². The molecule has 0 aliphatic carbocycles. The summed E-state index contributed by atoms with van der Waals surface area (Å²) in [6.07, 6.45) is 13.4. The summed E-state index contributed by atoms with van der Waals surface area (Å²) >= 11 is 1.63. The zero-order valence-corrected chi connectivity index (χ0v) is 22.5. The maximum Gasteiger partial charge on any atom is 0.339 e. The molecule has 0 fully saturated rings. The maximum absolute atomic E-state index is 13.1. The van der Waals surface area contributed by atoms with E-state index in [0.717, 1.165) is 34.6 Å². The molecule has 0 aromatic heterocycles. The van der Waals surface area contributed by atoms with Gasteiger partial charge in [-0.05, 0) is 60.9 Å². The van der Waals surface area contributed by atoms with E-state index in [1.54, 1.807) is 36.0 Å². The molecule has 3 aromatic rings. The lowest BCUT2D eigenvalue weighted by atomic mass is 10.0. The van der Waals surface area contributed by atoms with E-state index >= 15 is 0 Å². The van der Waals surface area contributed by atoms with E-state index in [9.17, 15) is 8.42 Å². The van der Waals surface area contributed by atoms with Gasteiger partial charge in [0.1, 0.15) is 10.6 Å². The van der Waals surface area contributed by atoms with Gasteiger partial charge in [-0.3, -0.25) is 0 Å². The number of hydrogen-bond donors (Lipinski definition) is 0. The van der Waals surface area contributed by atoms with Gasteiger partial charge in [0, 0.05) is 9.79 Å². The molecule has 0 heterocycles. The predicted molar refractivity (Wildman–Crippen MR) is 147 cm³/mol. The predicted octanol–water partition coefficient (Wildman–Crippen LogP) is 9.07. The second-order valence-electron chi connectivity index (χ2n) is 8.96. The molecule has 0 bridgehead atoms. The second-order valence-corrected chi connectivity index (χ2v) is 11.6. The van der Waals surface area contributed by atoms with Gasteiger partial charge in [-0.25, -0.2) is 0 Å². The molecule has 0 N–H and O–H groups in total. The third-order valence-electron chi connectivity index (χ3n) is 6.05. The summed E-state index contributed by atoms with van der Waals surface area (Å²) in [6, 6.07) is 24.5. The van der Waals surface area contributed by atoms with Crippen LogP contribution in [0.4, 0.5) is 0 Å². The van der Waals surface area contributed by atoms with Gasteiger partial charge in [0.05, 0.1) is 0 Å². The standard InChI is InChI=1S/C30H38O3S2/c1-2-3-4-5-6-7-8-9-10-12-17-26-18-15-16-21-30(26)35(31,32)33-27-22-24-29(25-23-27)34-28-19-13-11-14-20-28/h11,13-16,18-25H,2-10,12,17H2,1H3. The summed E-state index contributed by atoms with van der Waals surface area (Å²) < 4.78 is 31.6. The first-order valence-corrected chi connectivity index (χ1v) is 15.2. The van der Waals surface area contributed by atoms with Crippen LogP contribution in [0.5, 0.6) is 5.75 Å². The highest BCUT2D eigenvalue weighted by Crippen LogP contribution is 2.30. The van der Waals surface area contributed by atoms with E-state index < -0.39 is 10.1 Å². The van der Waals surface area contributed by atoms with Gasteiger partial charge in [0.15, 0.2) is 0 Å². The lowest BCUT2D eigenvalue weighted by Crippen LogP contribution is -2.12. The lowest BCUT2D eigenvalue weighted by molar-refractivity contribution is 0.484. The first-order valence-electron chi connectivity index (χ1n) is 12.9. The Morgan fingerprint density at radius 1 is 0.629 bits per heavy atom. The van der Waals surface area contributed by atoms with Gasteiger partial charge in [-0.15, -0.1) is 0 Å². The van der Waals surface area contributed by atoms with Gasteiger partial charge in [-0.2, -0.15) is 8.42 Å². The lowest BCUT2D eigenvalue weighted by Gasteiger charge is -2.12. The molecule has 188 valence electrons. The fourth-order valence-electron chi connectivity index (χ4n) is 4.12. The number of unbranched alkanes of at least 4 members (excludes halogenated alkanes) is 9. The summed E-state index contributed by atoms with van der Waals surface area (Å²) in [5.41, 5.74) is 0.836. The molecule has 0 radical (unpaired) electrons. The van der Waals surface area contributed by atoms with Gasteiger partial charge in [-0.1, -0.05) is 113 Å². The minimum absolute atomic E-state index is 0.277. The first-order chi connectivity index (χ1) is 17.1. The molecular weight excluding hydrogens is 472 g/mol. The minimum atomic E-state index is -3.88. The van der Waals surface area contributed by atoms with Crippen LogP contribution in [0.15, 0.2) is 93.5 Å². The molecule has 0 spiro atoms. The van der Waals surface area contributed by atoms with Crippen LogP contribution < -0.4 is 4.18 Å². The van der Waals surface area contributed by atoms with Crippen molar-refractivity contribution in [3.63, 3.8) is 0 Å². The van der Waals surface area contributed by atoms with Crippen LogP contribution >= 0.6 is 11.8 Å². The first kappa shape index (κ1) is 27.3. The Morgan fingerprint density at radius 2 is 1.17 bits per heavy atom. The van der Waals surface area contributed by atoms with Crippen molar-refractivity contribution < 1.29 is 12.6 Å².